The minimum atomic E-state index is -1.21. The van der Waals surface area contributed by atoms with Gasteiger partial charge in [0.2, 0.25) is 5.91 Å². The van der Waals surface area contributed by atoms with Crippen LogP contribution < -0.4 is 5.32 Å². The van der Waals surface area contributed by atoms with E-state index in [-0.39, 0.29) is 17.9 Å². The summed E-state index contributed by atoms with van der Waals surface area (Å²) in [6, 6.07) is 7.39. The number of β-lactam (4-membered cyclic amide) rings is 1. The molecular formula is C31H52N4O4. The molecule has 2 rings (SSSR count). The number of hydrogen-bond donors (Lipinski definition) is 1. The lowest BCUT2D eigenvalue weighted by atomic mass is 9.71. The standard InChI is InChI=1S/C31H52N4O4/c1-10-16-25(24-19-17-23(7)18-20-24)32-29(38)35-27(37)31(11-2,12-3)28(35)39-30(8,9)26(36)34(15-6)22-21-33(13-4)14-5/h17-20,25,28H,10-16,21-22H2,1-9H3,(H,32,38). The Bertz CT molecular complexity index is 954. The second kappa shape index (κ2) is 14.3. The van der Waals surface area contributed by atoms with Gasteiger partial charge in [-0.3, -0.25) is 9.59 Å². The second-order valence-corrected chi connectivity index (χ2v) is 11.1. The van der Waals surface area contributed by atoms with Crippen LogP contribution in [0.15, 0.2) is 24.3 Å². The number of nitrogens with one attached hydrogen (secondary N) is 1. The summed E-state index contributed by atoms with van der Waals surface area (Å²) in [7, 11) is 0. The molecule has 0 bridgehead atoms. The van der Waals surface area contributed by atoms with E-state index >= 15 is 0 Å². The van der Waals surface area contributed by atoms with E-state index in [1.165, 1.54) is 4.90 Å². The lowest BCUT2D eigenvalue weighted by Gasteiger charge is -2.55. The minimum Gasteiger partial charge on any atom is -0.341 e. The van der Waals surface area contributed by atoms with Crippen molar-refractivity contribution in [3.63, 3.8) is 0 Å². The Kier molecular flexibility index (Phi) is 12.0. The van der Waals surface area contributed by atoms with Crippen molar-refractivity contribution >= 4 is 17.8 Å². The van der Waals surface area contributed by atoms with Crippen LogP contribution in [0.5, 0.6) is 0 Å². The highest BCUT2D eigenvalue weighted by atomic mass is 16.5. The van der Waals surface area contributed by atoms with Crippen LogP contribution in [0.4, 0.5) is 4.79 Å². The number of carbonyl (C=O) groups is 3. The highest BCUT2D eigenvalue weighted by Gasteiger charge is 2.63. The molecule has 2 unspecified atom stereocenters. The third kappa shape index (κ3) is 7.20. The molecule has 1 aliphatic heterocycles. The van der Waals surface area contributed by atoms with Gasteiger partial charge in [-0.05, 0) is 65.6 Å². The van der Waals surface area contributed by atoms with Gasteiger partial charge in [0.1, 0.15) is 5.60 Å². The Balaban J connectivity index is 2.28. The summed E-state index contributed by atoms with van der Waals surface area (Å²) < 4.78 is 6.48. The van der Waals surface area contributed by atoms with Gasteiger partial charge in [-0.2, -0.15) is 0 Å². The smallest absolute Gasteiger partial charge is 0.326 e. The molecule has 1 aliphatic rings. The molecule has 1 N–H and O–H groups in total. The Morgan fingerprint density at radius 3 is 2.08 bits per heavy atom. The van der Waals surface area contributed by atoms with Gasteiger partial charge in [0, 0.05) is 19.6 Å². The highest BCUT2D eigenvalue weighted by Crippen LogP contribution is 2.47. The number of carbonyl (C=O) groups excluding carboxylic acids is 3. The molecule has 0 aromatic heterocycles. The number of imide groups is 1. The fourth-order valence-corrected chi connectivity index (χ4v) is 5.44. The number of amides is 4. The fourth-order valence-electron chi connectivity index (χ4n) is 5.44. The summed E-state index contributed by atoms with van der Waals surface area (Å²) in [6.07, 6.45) is 1.86. The summed E-state index contributed by atoms with van der Waals surface area (Å²) in [4.78, 5) is 46.0. The Hall–Kier alpha value is -2.45. The van der Waals surface area contributed by atoms with Gasteiger partial charge in [-0.1, -0.05) is 70.9 Å². The molecule has 4 amide bonds. The average Bonchev–Trinajstić information content (AvgIpc) is 2.91. The van der Waals surface area contributed by atoms with Crippen LogP contribution in [0.3, 0.4) is 0 Å². The number of hydrogen-bond acceptors (Lipinski definition) is 5. The Labute approximate surface area is 236 Å². The topological polar surface area (TPSA) is 82.2 Å². The first-order chi connectivity index (χ1) is 18.5. The number of aryl methyl sites for hydroxylation is 1. The van der Waals surface area contributed by atoms with Crippen molar-refractivity contribution in [1.29, 1.82) is 0 Å². The normalized spacial score (nSPS) is 17.6. The van der Waals surface area contributed by atoms with Crippen LogP contribution in [0.25, 0.3) is 0 Å². The second-order valence-electron chi connectivity index (χ2n) is 11.1. The maximum Gasteiger partial charge on any atom is 0.326 e. The van der Waals surface area contributed by atoms with Gasteiger partial charge < -0.3 is 19.9 Å². The monoisotopic (exact) mass is 544 g/mol. The van der Waals surface area contributed by atoms with Crippen LogP contribution in [0, 0.1) is 12.3 Å². The Morgan fingerprint density at radius 1 is 1.00 bits per heavy atom. The predicted molar refractivity (Wildman–Crippen MR) is 156 cm³/mol. The van der Waals surface area contributed by atoms with E-state index in [1.807, 2.05) is 52.0 Å². The van der Waals surface area contributed by atoms with E-state index in [1.54, 1.807) is 18.7 Å². The third-order valence-corrected chi connectivity index (χ3v) is 8.36. The van der Waals surface area contributed by atoms with Gasteiger partial charge in [-0.25, -0.2) is 9.69 Å². The summed E-state index contributed by atoms with van der Waals surface area (Å²) in [6.45, 7) is 21.4. The number of ether oxygens (including phenoxy) is 1. The molecular weight excluding hydrogens is 492 g/mol. The zero-order chi connectivity index (χ0) is 29.4. The number of benzene rings is 1. The SMILES string of the molecule is CCCC(NC(=O)N1C(=O)C(CC)(CC)C1OC(C)(C)C(=O)N(CC)CCN(CC)CC)c1ccc(C)cc1. The van der Waals surface area contributed by atoms with E-state index in [9.17, 15) is 14.4 Å². The lowest BCUT2D eigenvalue weighted by molar-refractivity contribution is -0.238. The number of rotatable bonds is 15. The van der Waals surface area contributed by atoms with Crippen LogP contribution in [-0.2, 0) is 14.3 Å². The van der Waals surface area contributed by atoms with Gasteiger partial charge in [0.15, 0.2) is 6.23 Å². The summed E-state index contributed by atoms with van der Waals surface area (Å²) in [5, 5.41) is 3.08. The number of likely N-dealkylation sites (N-methyl/N-ethyl adjacent to an activating group) is 2. The summed E-state index contributed by atoms with van der Waals surface area (Å²) in [5.74, 6) is -0.382. The first kappa shape index (κ1) is 32.8. The zero-order valence-corrected chi connectivity index (χ0v) is 25.8. The highest BCUT2D eigenvalue weighted by molar-refractivity contribution is 6.03. The molecule has 39 heavy (non-hydrogen) atoms. The van der Waals surface area contributed by atoms with Gasteiger partial charge >= 0.3 is 6.03 Å². The molecule has 1 fully saturated rings. The largest absolute Gasteiger partial charge is 0.341 e. The zero-order valence-electron chi connectivity index (χ0n) is 25.8. The van der Waals surface area contributed by atoms with Crippen molar-refractivity contribution in [1.82, 2.24) is 20.0 Å². The maximum atomic E-state index is 13.7. The molecule has 220 valence electrons. The summed E-state index contributed by atoms with van der Waals surface area (Å²) in [5.41, 5.74) is 0.101. The Morgan fingerprint density at radius 2 is 1.59 bits per heavy atom. The minimum absolute atomic E-state index is 0.138. The lowest BCUT2D eigenvalue weighted by Crippen LogP contribution is -2.74. The molecule has 1 aromatic rings. The van der Waals surface area contributed by atoms with E-state index in [2.05, 4.69) is 31.0 Å². The number of urea groups is 1. The fraction of sp³-hybridized carbons (Fsp3) is 0.710. The molecule has 0 aliphatic carbocycles. The molecule has 2 atom stereocenters. The van der Waals surface area contributed by atoms with Crippen molar-refractivity contribution in [3.8, 4) is 0 Å². The van der Waals surface area contributed by atoms with Crippen molar-refractivity contribution in [2.75, 3.05) is 32.7 Å². The van der Waals surface area contributed by atoms with E-state index in [4.69, 9.17) is 4.74 Å². The molecule has 0 radical (unpaired) electrons. The first-order valence-corrected chi connectivity index (χ1v) is 14.9. The van der Waals surface area contributed by atoms with E-state index in [0.717, 1.165) is 43.6 Å². The van der Waals surface area contributed by atoms with Crippen LogP contribution in [-0.4, -0.2) is 77.1 Å². The molecule has 0 saturated carbocycles. The first-order valence-electron chi connectivity index (χ1n) is 14.9. The van der Waals surface area contributed by atoms with E-state index < -0.39 is 23.3 Å². The van der Waals surface area contributed by atoms with Gasteiger partial charge in [0.05, 0.1) is 11.5 Å². The molecule has 1 saturated heterocycles. The van der Waals surface area contributed by atoms with Crippen molar-refractivity contribution in [2.45, 2.75) is 106 Å². The summed E-state index contributed by atoms with van der Waals surface area (Å²) >= 11 is 0. The molecule has 8 nitrogen and oxygen atoms in total. The quantitative estimate of drug-likeness (QED) is 0.295. The predicted octanol–water partition coefficient (Wildman–Crippen LogP) is 5.51. The number of nitrogens with zero attached hydrogens (tertiary/aromatic N) is 3. The molecule has 0 spiro atoms. The van der Waals surface area contributed by atoms with Crippen LogP contribution >= 0.6 is 0 Å². The van der Waals surface area contributed by atoms with Gasteiger partial charge in [0.25, 0.3) is 5.91 Å². The molecule has 8 heteroatoms. The van der Waals surface area contributed by atoms with Gasteiger partial charge in [-0.15, -0.1) is 0 Å². The van der Waals surface area contributed by atoms with E-state index in [0.29, 0.717) is 25.9 Å². The average molecular weight is 545 g/mol. The number of likely N-dealkylation sites (tertiary alicyclic amines) is 1. The van der Waals surface area contributed by atoms with Crippen LogP contribution in [0.1, 0.15) is 98.2 Å². The van der Waals surface area contributed by atoms with Crippen molar-refractivity contribution < 1.29 is 19.1 Å². The third-order valence-electron chi connectivity index (χ3n) is 8.36. The molecule has 1 aromatic carbocycles. The van der Waals surface area contributed by atoms with Crippen molar-refractivity contribution in [2.24, 2.45) is 5.41 Å². The molecule has 1 heterocycles. The van der Waals surface area contributed by atoms with Crippen molar-refractivity contribution in [3.05, 3.63) is 35.4 Å². The maximum absolute atomic E-state index is 13.7. The van der Waals surface area contributed by atoms with Crippen LogP contribution in [0.2, 0.25) is 0 Å².